The number of benzene rings is 1. The highest BCUT2D eigenvalue weighted by atomic mass is 32.2. The van der Waals surface area contributed by atoms with Gasteiger partial charge in [-0.05, 0) is 37.3 Å². The number of para-hydroxylation sites is 1. The summed E-state index contributed by atoms with van der Waals surface area (Å²) in [4.78, 5) is 0. The maximum Gasteiger partial charge on any atom is 0.125 e. The van der Waals surface area contributed by atoms with E-state index >= 15 is 0 Å². The number of nitrogens with zero attached hydrogens (tertiary/aromatic N) is 1. The highest BCUT2D eigenvalue weighted by molar-refractivity contribution is 8.23. The Kier molecular flexibility index (Phi) is 7.48. The summed E-state index contributed by atoms with van der Waals surface area (Å²) < 4.78 is 4.24. The Bertz CT molecular complexity index is 982. The molecular weight excluding hydrogens is 435 g/mol. The molecule has 0 N–H and O–H groups in total. The van der Waals surface area contributed by atoms with Crippen LogP contribution in [-0.4, -0.2) is 18.8 Å². The van der Waals surface area contributed by atoms with Crippen LogP contribution in [0.5, 0.6) is 0 Å². The van der Waals surface area contributed by atoms with Crippen molar-refractivity contribution in [3.63, 3.8) is 0 Å². The van der Waals surface area contributed by atoms with E-state index in [1.807, 2.05) is 35.3 Å². The van der Waals surface area contributed by atoms with E-state index in [0.29, 0.717) is 0 Å². The standard InChI is InChI=1S/C27H39NS3/c1-25(2,3)29-23(18-24(30-26(4,5)6)31-27(7,8)9)28-21-16-12-10-14-19(21)20-15-11-13-17-22(20)28/h10,12,14,16H,11,13,15,17H2,1-9H3. The Labute approximate surface area is 202 Å². The molecule has 1 aliphatic carbocycles. The van der Waals surface area contributed by atoms with Crippen LogP contribution < -0.4 is 0 Å². The minimum absolute atomic E-state index is 0.110. The van der Waals surface area contributed by atoms with E-state index in [1.54, 1.807) is 5.56 Å². The maximum atomic E-state index is 3.95. The summed E-state index contributed by atoms with van der Waals surface area (Å²) in [5.74, 6) is 0. The second-order valence-electron chi connectivity index (χ2n) is 11.3. The van der Waals surface area contributed by atoms with Crippen molar-refractivity contribution < 1.29 is 0 Å². The summed E-state index contributed by atoms with van der Waals surface area (Å²) in [5, 5.41) is 2.68. The van der Waals surface area contributed by atoms with E-state index in [-0.39, 0.29) is 14.2 Å². The predicted octanol–water partition coefficient (Wildman–Crippen LogP) is 9.35. The molecule has 0 bridgehead atoms. The lowest BCUT2D eigenvalue weighted by atomic mass is 9.96. The first-order valence-electron chi connectivity index (χ1n) is 11.4. The van der Waals surface area contributed by atoms with Gasteiger partial charge >= 0.3 is 0 Å². The van der Waals surface area contributed by atoms with Gasteiger partial charge in [0, 0.05) is 25.3 Å². The van der Waals surface area contributed by atoms with E-state index in [4.69, 9.17) is 0 Å². The zero-order valence-corrected chi connectivity index (χ0v) is 23.3. The lowest BCUT2D eigenvalue weighted by molar-refractivity contribution is 0.670. The van der Waals surface area contributed by atoms with E-state index < -0.39 is 0 Å². The van der Waals surface area contributed by atoms with Crippen LogP contribution in [0.4, 0.5) is 0 Å². The van der Waals surface area contributed by atoms with Crippen molar-refractivity contribution in [1.29, 1.82) is 0 Å². The molecule has 0 saturated heterocycles. The molecule has 2 aromatic rings. The van der Waals surface area contributed by atoms with Crippen LogP contribution >= 0.6 is 35.3 Å². The van der Waals surface area contributed by atoms with Crippen molar-refractivity contribution in [2.45, 2.75) is 102 Å². The van der Waals surface area contributed by atoms with Gasteiger partial charge in [0.05, 0.1) is 9.75 Å². The zero-order valence-electron chi connectivity index (χ0n) is 20.8. The zero-order chi connectivity index (χ0) is 23.0. The van der Waals surface area contributed by atoms with Gasteiger partial charge in [-0.3, -0.25) is 0 Å². The molecule has 0 fully saturated rings. The fourth-order valence-corrected chi connectivity index (χ4v) is 8.10. The van der Waals surface area contributed by atoms with Crippen LogP contribution in [0.15, 0.2) is 34.2 Å². The monoisotopic (exact) mass is 473 g/mol. The number of thioether (sulfide) groups is 3. The van der Waals surface area contributed by atoms with E-state index in [0.717, 1.165) is 6.42 Å². The SMILES string of the molecule is CC(C)(C)SC(=C=C(SC(C)(C)C)n1c2c(c3ccccc31)CCCC2)SC(C)(C)C. The van der Waals surface area contributed by atoms with Crippen molar-refractivity contribution in [2.24, 2.45) is 0 Å². The third-order valence-corrected chi connectivity index (χ3v) is 8.18. The molecule has 4 heteroatoms. The average molecular weight is 474 g/mol. The van der Waals surface area contributed by atoms with Crippen molar-refractivity contribution in [1.82, 2.24) is 4.57 Å². The summed E-state index contributed by atoms with van der Waals surface area (Å²) in [7, 11) is 0. The van der Waals surface area contributed by atoms with Gasteiger partial charge in [-0.15, -0.1) is 23.5 Å². The molecule has 0 radical (unpaired) electrons. The van der Waals surface area contributed by atoms with E-state index in [2.05, 4.69) is 96.9 Å². The number of fused-ring (bicyclic) bond motifs is 3. The summed E-state index contributed by atoms with van der Waals surface area (Å²) in [6, 6.07) is 8.98. The molecule has 31 heavy (non-hydrogen) atoms. The van der Waals surface area contributed by atoms with Crippen LogP contribution in [0, 0.1) is 0 Å². The van der Waals surface area contributed by atoms with Crippen molar-refractivity contribution in [3.8, 4) is 0 Å². The number of aromatic nitrogens is 1. The Balaban J connectivity index is 2.32. The molecule has 1 aromatic heterocycles. The smallest absolute Gasteiger partial charge is 0.125 e. The molecule has 1 aliphatic rings. The van der Waals surface area contributed by atoms with Crippen molar-refractivity contribution >= 4 is 51.2 Å². The second kappa shape index (κ2) is 9.29. The first-order valence-corrected chi connectivity index (χ1v) is 13.9. The number of aryl methyl sites for hydroxylation is 1. The lowest BCUT2D eigenvalue weighted by Gasteiger charge is -2.25. The van der Waals surface area contributed by atoms with Crippen molar-refractivity contribution in [2.75, 3.05) is 0 Å². The first kappa shape index (κ1) is 25.0. The molecule has 1 heterocycles. The molecule has 3 rings (SSSR count). The predicted molar refractivity (Wildman–Crippen MR) is 147 cm³/mol. The lowest BCUT2D eigenvalue weighted by Crippen LogP contribution is -2.13. The molecule has 0 saturated carbocycles. The van der Waals surface area contributed by atoms with Gasteiger partial charge in [-0.25, -0.2) is 0 Å². The van der Waals surface area contributed by atoms with Gasteiger partial charge in [0.1, 0.15) is 5.03 Å². The molecule has 0 amide bonds. The highest BCUT2D eigenvalue weighted by Gasteiger charge is 2.26. The normalized spacial score (nSPS) is 15.0. The first-order chi connectivity index (χ1) is 14.2. The average Bonchev–Trinajstić information content (AvgIpc) is 2.91. The minimum atomic E-state index is 0.110. The minimum Gasteiger partial charge on any atom is -0.301 e. The van der Waals surface area contributed by atoms with Gasteiger partial charge in [0.15, 0.2) is 0 Å². The van der Waals surface area contributed by atoms with Gasteiger partial charge in [-0.2, -0.15) is 0 Å². The fraction of sp³-hybridized carbons (Fsp3) is 0.593. The van der Waals surface area contributed by atoms with Crippen molar-refractivity contribution in [3.05, 3.63) is 45.5 Å². The van der Waals surface area contributed by atoms with Gasteiger partial charge in [0.2, 0.25) is 0 Å². The topological polar surface area (TPSA) is 4.93 Å². The summed E-state index contributed by atoms with van der Waals surface area (Å²) >= 11 is 5.84. The molecule has 1 nitrogen and oxygen atoms in total. The summed E-state index contributed by atoms with van der Waals surface area (Å²) in [5.41, 5.74) is 8.36. The molecular formula is C27H39NS3. The third-order valence-electron chi connectivity index (χ3n) is 4.79. The molecule has 0 unspecified atom stereocenters. The molecule has 170 valence electrons. The van der Waals surface area contributed by atoms with Gasteiger partial charge in [0.25, 0.3) is 0 Å². The molecule has 0 aliphatic heterocycles. The number of rotatable bonds is 4. The van der Waals surface area contributed by atoms with Crippen LogP contribution in [0.3, 0.4) is 0 Å². The molecule has 0 spiro atoms. The summed E-state index contributed by atoms with van der Waals surface area (Å²) in [6.45, 7) is 20.7. The van der Waals surface area contributed by atoms with E-state index in [9.17, 15) is 0 Å². The Morgan fingerprint density at radius 2 is 1.32 bits per heavy atom. The highest BCUT2D eigenvalue weighted by Crippen LogP contribution is 2.46. The Hall–Kier alpha value is -0.670. The Morgan fingerprint density at radius 1 is 0.774 bits per heavy atom. The quantitative estimate of drug-likeness (QED) is 0.408. The fourth-order valence-electron chi connectivity index (χ4n) is 3.86. The largest absolute Gasteiger partial charge is 0.301 e. The van der Waals surface area contributed by atoms with Crippen LogP contribution in [0.2, 0.25) is 0 Å². The molecule has 0 atom stereocenters. The second-order valence-corrected chi connectivity index (χ2v) is 17.1. The number of hydrogen-bond acceptors (Lipinski definition) is 3. The third kappa shape index (κ3) is 6.90. The van der Waals surface area contributed by atoms with Gasteiger partial charge in [-0.1, -0.05) is 98.0 Å². The maximum absolute atomic E-state index is 3.95. The Morgan fingerprint density at radius 3 is 1.90 bits per heavy atom. The van der Waals surface area contributed by atoms with Crippen LogP contribution in [0.25, 0.3) is 15.9 Å². The summed E-state index contributed by atoms with van der Waals surface area (Å²) in [6.07, 6.45) is 4.93. The van der Waals surface area contributed by atoms with Crippen LogP contribution in [-0.2, 0) is 12.8 Å². The van der Waals surface area contributed by atoms with E-state index in [1.165, 1.54) is 45.1 Å². The number of hydrogen-bond donors (Lipinski definition) is 0. The molecule has 1 aromatic carbocycles. The van der Waals surface area contributed by atoms with Crippen LogP contribution in [0.1, 0.15) is 86.4 Å². The van der Waals surface area contributed by atoms with Gasteiger partial charge < -0.3 is 4.57 Å².